The molecule has 9 aromatic rings. The molecule has 3 nitrogen and oxygen atoms in total. The van der Waals surface area contributed by atoms with Gasteiger partial charge < -0.3 is 4.42 Å². The number of oxazole rings is 1. The molecule has 51 heavy (non-hydrogen) atoms. The molecule has 1 aromatic heterocycles. The molecule has 0 aliphatic carbocycles. The molecular formula is C48H36N2O. The van der Waals surface area contributed by atoms with Crippen molar-refractivity contribution in [1.82, 2.24) is 4.98 Å². The zero-order chi connectivity index (χ0) is 34.5. The van der Waals surface area contributed by atoms with Gasteiger partial charge in [0.2, 0.25) is 5.89 Å². The Labute approximate surface area is 297 Å². The number of para-hydroxylation sites is 1. The van der Waals surface area contributed by atoms with Crippen LogP contribution < -0.4 is 0 Å². The van der Waals surface area contributed by atoms with Crippen LogP contribution in [0.1, 0.15) is 31.9 Å². The van der Waals surface area contributed by atoms with Gasteiger partial charge in [-0.2, -0.15) is 0 Å². The minimum Gasteiger partial charge on any atom is -0.436 e. The average molecular weight is 657 g/mol. The molecule has 0 aliphatic rings. The molecule has 1 heterocycles. The molecule has 244 valence electrons. The number of benzene rings is 8. The van der Waals surface area contributed by atoms with Gasteiger partial charge in [-0.25, -0.2) is 4.98 Å². The first-order chi connectivity index (χ1) is 24.9. The van der Waals surface area contributed by atoms with E-state index in [1.807, 2.05) is 30.5 Å². The quantitative estimate of drug-likeness (QED) is 0.137. The second-order valence-corrected chi connectivity index (χ2v) is 14.3. The lowest BCUT2D eigenvalue weighted by Crippen LogP contribution is -2.11. The predicted octanol–water partition coefficient (Wildman–Crippen LogP) is 13.3. The Morgan fingerprint density at radius 1 is 0.529 bits per heavy atom. The predicted molar refractivity (Wildman–Crippen MR) is 215 cm³/mol. The normalized spacial score (nSPS) is 12.1. The van der Waals surface area contributed by atoms with Crippen molar-refractivity contribution in [1.29, 1.82) is 0 Å². The summed E-state index contributed by atoms with van der Waals surface area (Å²) in [5.41, 5.74) is 10.0. The second kappa shape index (κ2) is 12.2. The van der Waals surface area contributed by atoms with Gasteiger partial charge in [0.05, 0.1) is 11.3 Å². The van der Waals surface area contributed by atoms with Crippen molar-refractivity contribution in [3.63, 3.8) is 0 Å². The Balaban J connectivity index is 1.14. The van der Waals surface area contributed by atoms with E-state index in [-0.39, 0.29) is 5.41 Å². The topological polar surface area (TPSA) is 38.4 Å². The summed E-state index contributed by atoms with van der Waals surface area (Å²) in [6.07, 6.45) is 1.94. The van der Waals surface area contributed by atoms with E-state index < -0.39 is 0 Å². The maximum absolute atomic E-state index is 6.61. The number of rotatable bonds is 5. The van der Waals surface area contributed by atoms with Crippen molar-refractivity contribution in [3.05, 3.63) is 169 Å². The van der Waals surface area contributed by atoms with E-state index in [0.29, 0.717) is 5.89 Å². The van der Waals surface area contributed by atoms with Gasteiger partial charge in [0.1, 0.15) is 5.52 Å². The van der Waals surface area contributed by atoms with Crippen LogP contribution in [0.15, 0.2) is 167 Å². The van der Waals surface area contributed by atoms with Crippen LogP contribution in [0, 0.1) is 0 Å². The highest BCUT2D eigenvalue weighted by atomic mass is 16.3. The number of aliphatic imine (C=N–C) groups is 1. The number of hydrogen-bond donors (Lipinski definition) is 0. The third kappa shape index (κ3) is 5.57. The zero-order valence-electron chi connectivity index (χ0n) is 28.9. The summed E-state index contributed by atoms with van der Waals surface area (Å²) in [4.78, 5) is 10.1. The number of aromatic nitrogens is 1. The van der Waals surface area contributed by atoms with Crippen LogP contribution in [0.3, 0.4) is 0 Å². The molecule has 8 aromatic carbocycles. The molecule has 0 spiro atoms. The van der Waals surface area contributed by atoms with Crippen LogP contribution in [0.4, 0.5) is 5.69 Å². The molecule has 0 radical (unpaired) electrons. The molecule has 0 saturated carbocycles. The molecular weight excluding hydrogens is 621 g/mol. The van der Waals surface area contributed by atoms with Crippen LogP contribution >= 0.6 is 0 Å². The van der Waals surface area contributed by atoms with E-state index in [2.05, 4.69) is 154 Å². The first-order valence-corrected chi connectivity index (χ1v) is 17.5. The second-order valence-electron chi connectivity index (χ2n) is 14.3. The molecule has 0 unspecified atom stereocenters. The smallest absolute Gasteiger partial charge is 0.229 e. The van der Waals surface area contributed by atoms with Crippen molar-refractivity contribution in [3.8, 4) is 33.7 Å². The third-order valence-corrected chi connectivity index (χ3v) is 9.94. The Hall–Kier alpha value is -6.32. The molecule has 0 aliphatic heterocycles. The van der Waals surface area contributed by atoms with E-state index in [1.165, 1.54) is 49.0 Å². The van der Waals surface area contributed by atoms with Crippen LogP contribution in [0.2, 0.25) is 0 Å². The van der Waals surface area contributed by atoms with E-state index >= 15 is 0 Å². The lowest BCUT2D eigenvalue weighted by Gasteiger charge is -2.20. The van der Waals surface area contributed by atoms with E-state index in [0.717, 1.165) is 39.0 Å². The largest absolute Gasteiger partial charge is 0.436 e. The summed E-state index contributed by atoms with van der Waals surface area (Å²) in [6.45, 7) is 6.71. The van der Waals surface area contributed by atoms with Crippen LogP contribution in [0.5, 0.6) is 0 Å². The van der Waals surface area contributed by atoms with E-state index in [1.54, 1.807) is 0 Å². The fourth-order valence-corrected chi connectivity index (χ4v) is 7.19. The maximum atomic E-state index is 6.61. The molecule has 0 amide bonds. The van der Waals surface area contributed by atoms with Gasteiger partial charge in [0, 0.05) is 17.3 Å². The van der Waals surface area contributed by atoms with Crippen molar-refractivity contribution >= 4 is 55.3 Å². The highest BCUT2D eigenvalue weighted by molar-refractivity contribution is 6.13. The van der Waals surface area contributed by atoms with Crippen molar-refractivity contribution < 1.29 is 4.42 Å². The minimum atomic E-state index is -0.0828. The zero-order valence-corrected chi connectivity index (χ0v) is 28.9. The van der Waals surface area contributed by atoms with E-state index in [4.69, 9.17) is 14.4 Å². The van der Waals surface area contributed by atoms with Crippen LogP contribution in [0.25, 0.3) is 77.1 Å². The Bertz CT molecular complexity index is 2770. The monoisotopic (exact) mass is 656 g/mol. The highest BCUT2D eigenvalue weighted by Gasteiger charge is 2.22. The summed E-state index contributed by atoms with van der Waals surface area (Å²) in [6, 6.07) is 55.7. The first-order valence-electron chi connectivity index (χ1n) is 17.5. The summed E-state index contributed by atoms with van der Waals surface area (Å²) >= 11 is 0. The van der Waals surface area contributed by atoms with Gasteiger partial charge in [-0.15, -0.1) is 0 Å². The van der Waals surface area contributed by atoms with Crippen molar-refractivity contribution in [2.75, 3.05) is 0 Å². The van der Waals surface area contributed by atoms with Gasteiger partial charge in [-0.1, -0.05) is 148 Å². The van der Waals surface area contributed by atoms with Crippen molar-refractivity contribution in [2.24, 2.45) is 4.99 Å². The van der Waals surface area contributed by atoms with Gasteiger partial charge in [-0.05, 0) is 90.3 Å². The molecule has 0 atom stereocenters. The standard InChI is InChI=1S/C48H36N2O/c1-48(2,3)36-28-43(33-25-23-32(24-26-33)42-27-34-14-5-7-18-38(34)39-19-8-9-20-40(39)42)46-45(29-36)51-47(50-46)41-21-10-11-22-44(41)49-30-35-16-12-15-31-13-4-6-17-37(31)35/h4-30H,1-3H3. The number of fused-ring (bicyclic) bond motifs is 5. The Kier molecular flexibility index (Phi) is 7.36. The summed E-state index contributed by atoms with van der Waals surface area (Å²) in [5, 5.41) is 7.40. The Morgan fingerprint density at radius 2 is 1.16 bits per heavy atom. The molecule has 0 saturated heterocycles. The summed E-state index contributed by atoms with van der Waals surface area (Å²) in [7, 11) is 0. The van der Waals surface area contributed by atoms with Gasteiger partial charge in [-0.3, -0.25) is 4.99 Å². The molecule has 9 rings (SSSR count). The maximum Gasteiger partial charge on any atom is 0.229 e. The molecule has 0 bridgehead atoms. The summed E-state index contributed by atoms with van der Waals surface area (Å²) < 4.78 is 6.61. The van der Waals surface area contributed by atoms with Crippen LogP contribution in [-0.2, 0) is 5.41 Å². The molecule has 0 N–H and O–H groups in total. The highest BCUT2D eigenvalue weighted by Crippen LogP contribution is 2.40. The SMILES string of the molecule is CC(C)(C)c1cc(-c2ccc(-c3cc4ccccc4c4ccccc34)cc2)c2nc(-c3ccccc3N=Cc3cccc4ccccc34)oc2c1. The van der Waals surface area contributed by atoms with Crippen molar-refractivity contribution in [2.45, 2.75) is 26.2 Å². The number of hydrogen-bond acceptors (Lipinski definition) is 3. The van der Waals surface area contributed by atoms with E-state index in [9.17, 15) is 0 Å². The lowest BCUT2D eigenvalue weighted by molar-refractivity contribution is 0.584. The fourth-order valence-electron chi connectivity index (χ4n) is 7.19. The third-order valence-electron chi connectivity index (χ3n) is 9.94. The molecule has 0 fully saturated rings. The van der Waals surface area contributed by atoms with Gasteiger partial charge in [0.25, 0.3) is 0 Å². The van der Waals surface area contributed by atoms with Gasteiger partial charge >= 0.3 is 0 Å². The minimum absolute atomic E-state index is 0.0828. The Morgan fingerprint density at radius 3 is 1.94 bits per heavy atom. The van der Waals surface area contributed by atoms with Gasteiger partial charge in [0.15, 0.2) is 5.58 Å². The number of nitrogens with zero attached hydrogens (tertiary/aromatic N) is 2. The summed E-state index contributed by atoms with van der Waals surface area (Å²) in [5.74, 6) is 0.558. The molecule has 3 heteroatoms. The van der Waals surface area contributed by atoms with Crippen LogP contribution in [-0.4, -0.2) is 11.2 Å². The average Bonchev–Trinajstić information content (AvgIpc) is 3.61. The fraction of sp³-hybridized carbons (Fsp3) is 0.0833. The first kappa shape index (κ1) is 30.7. The lowest BCUT2D eigenvalue weighted by atomic mass is 9.85.